The fourth-order valence-corrected chi connectivity index (χ4v) is 2.99. The molecule has 0 aromatic heterocycles. The van der Waals surface area contributed by atoms with Gasteiger partial charge in [-0.3, -0.25) is 0 Å². The van der Waals surface area contributed by atoms with E-state index in [2.05, 4.69) is 29.8 Å². The van der Waals surface area contributed by atoms with Gasteiger partial charge in [0.1, 0.15) is 18.2 Å². The first-order valence-corrected chi connectivity index (χ1v) is 8.62. The molecule has 22 heavy (non-hydrogen) atoms. The van der Waals surface area contributed by atoms with E-state index in [9.17, 15) is 4.39 Å². The predicted molar refractivity (Wildman–Crippen MR) is 95.0 cm³/mol. The molecular weight excluding hydrogens is 343 g/mol. The van der Waals surface area contributed by atoms with Gasteiger partial charge in [0.05, 0.1) is 0 Å². The van der Waals surface area contributed by atoms with E-state index in [1.807, 2.05) is 32.0 Å². The fourth-order valence-electron chi connectivity index (χ4n) is 2.34. The molecule has 120 valence electrons. The highest BCUT2D eigenvalue weighted by Crippen LogP contribution is 2.30. The minimum absolute atomic E-state index is 0.230. The summed E-state index contributed by atoms with van der Waals surface area (Å²) in [6, 6.07) is 10.5. The lowest BCUT2D eigenvalue weighted by atomic mass is 10.0. The molecule has 2 aromatic carbocycles. The first-order valence-electron chi connectivity index (χ1n) is 7.83. The van der Waals surface area contributed by atoms with Crippen molar-refractivity contribution < 1.29 is 9.13 Å². The number of rotatable bonds is 5. The first-order chi connectivity index (χ1) is 10.7. The highest BCUT2D eigenvalue weighted by molar-refractivity contribution is 9.10. The van der Waals surface area contributed by atoms with Crippen LogP contribution in [0.1, 0.15) is 44.4 Å². The van der Waals surface area contributed by atoms with Crippen molar-refractivity contribution in [3.05, 3.63) is 63.4 Å². The van der Waals surface area contributed by atoms with Crippen molar-refractivity contribution in [2.24, 2.45) is 0 Å². The SMILES string of the molecule is CC.CCc1c(Br)ccc(OCc2cccc(F)c2)c1CC. The Labute approximate surface area is 141 Å². The molecule has 0 amide bonds. The lowest BCUT2D eigenvalue weighted by Gasteiger charge is -2.15. The van der Waals surface area contributed by atoms with Crippen molar-refractivity contribution in [1.29, 1.82) is 0 Å². The van der Waals surface area contributed by atoms with Crippen molar-refractivity contribution in [1.82, 2.24) is 0 Å². The van der Waals surface area contributed by atoms with Crippen LogP contribution < -0.4 is 4.74 Å². The molecule has 3 heteroatoms. The normalized spacial score (nSPS) is 9.91. The van der Waals surface area contributed by atoms with Crippen molar-refractivity contribution >= 4 is 15.9 Å². The number of hydrogen-bond acceptors (Lipinski definition) is 1. The van der Waals surface area contributed by atoms with Gasteiger partial charge in [-0.25, -0.2) is 4.39 Å². The van der Waals surface area contributed by atoms with Crippen molar-refractivity contribution in [2.45, 2.75) is 47.1 Å². The second kappa shape index (κ2) is 9.62. The van der Waals surface area contributed by atoms with Gasteiger partial charge in [-0.15, -0.1) is 0 Å². The Morgan fingerprint density at radius 3 is 2.27 bits per heavy atom. The fraction of sp³-hybridized carbons (Fsp3) is 0.368. The zero-order valence-electron chi connectivity index (χ0n) is 13.7. The van der Waals surface area contributed by atoms with Crippen LogP contribution >= 0.6 is 15.9 Å². The monoisotopic (exact) mass is 366 g/mol. The van der Waals surface area contributed by atoms with E-state index >= 15 is 0 Å². The molecule has 0 fully saturated rings. The number of hydrogen-bond donors (Lipinski definition) is 0. The molecule has 0 radical (unpaired) electrons. The molecule has 0 bridgehead atoms. The summed E-state index contributed by atoms with van der Waals surface area (Å²) in [5.41, 5.74) is 3.34. The van der Waals surface area contributed by atoms with Crippen LogP contribution in [-0.2, 0) is 19.4 Å². The second-order valence-corrected chi connectivity index (χ2v) is 5.48. The third kappa shape index (κ3) is 4.84. The van der Waals surface area contributed by atoms with Crippen molar-refractivity contribution in [3.63, 3.8) is 0 Å². The Bertz CT molecular complexity index is 596. The number of ether oxygens (including phenoxy) is 1. The summed E-state index contributed by atoms with van der Waals surface area (Å²) in [6.07, 6.45) is 1.88. The van der Waals surface area contributed by atoms with Crippen LogP contribution in [0.5, 0.6) is 5.75 Å². The maximum atomic E-state index is 13.1. The molecule has 0 N–H and O–H groups in total. The number of benzene rings is 2. The Hall–Kier alpha value is -1.35. The minimum atomic E-state index is -0.230. The van der Waals surface area contributed by atoms with E-state index in [0.717, 1.165) is 28.6 Å². The molecular formula is C19H24BrFO. The molecule has 0 saturated heterocycles. The summed E-state index contributed by atoms with van der Waals surface area (Å²) in [4.78, 5) is 0. The number of halogens is 2. The summed E-state index contributed by atoms with van der Waals surface area (Å²) < 4.78 is 20.1. The van der Waals surface area contributed by atoms with Gasteiger partial charge in [0.2, 0.25) is 0 Å². The first kappa shape index (κ1) is 18.7. The molecule has 0 heterocycles. The summed E-state index contributed by atoms with van der Waals surface area (Å²) >= 11 is 3.58. The molecule has 0 unspecified atom stereocenters. The Morgan fingerprint density at radius 1 is 1.00 bits per heavy atom. The van der Waals surface area contributed by atoms with Gasteiger partial charge in [-0.1, -0.05) is 55.8 Å². The summed E-state index contributed by atoms with van der Waals surface area (Å²) in [7, 11) is 0. The molecule has 0 saturated carbocycles. The van der Waals surface area contributed by atoms with Gasteiger partial charge in [-0.05, 0) is 53.8 Å². The van der Waals surface area contributed by atoms with Crippen LogP contribution in [0.25, 0.3) is 0 Å². The van der Waals surface area contributed by atoms with Gasteiger partial charge in [0, 0.05) is 4.47 Å². The van der Waals surface area contributed by atoms with E-state index in [-0.39, 0.29) is 5.82 Å². The minimum Gasteiger partial charge on any atom is -0.489 e. The highest BCUT2D eigenvalue weighted by atomic mass is 79.9. The Morgan fingerprint density at radius 2 is 1.68 bits per heavy atom. The molecule has 0 aliphatic carbocycles. The third-order valence-corrected chi connectivity index (χ3v) is 4.06. The zero-order valence-corrected chi connectivity index (χ0v) is 15.3. The predicted octanol–water partition coefficient (Wildman–Crippen LogP) is 6.32. The summed E-state index contributed by atoms with van der Waals surface area (Å²) in [5, 5.41) is 0. The Kier molecular flexibility index (Phi) is 8.18. The molecule has 2 rings (SSSR count). The maximum Gasteiger partial charge on any atom is 0.123 e. The Balaban J connectivity index is 0.00000116. The average Bonchev–Trinajstić information content (AvgIpc) is 2.55. The van der Waals surface area contributed by atoms with Gasteiger partial charge >= 0.3 is 0 Å². The van der Waals surface area contributed by atoms with Gasteiger partial charge < -0.3 is 4.74 Å². The van der Waals surface area contributed by atoms with Crippen LogP contribution in [0.2, 0.25) is 0 Å². The summed E-state index contributed by atoms with van der Waals surface area (Å²) in [5.74, 6) is 0.656. The van der Waals surface area contributed by atoms with E-state index in [1.165, 1.54) is 23.3 Å². The van der Waals surface area contributed by atoms with E-state index in [1.54, 1.807) is 6.07 Å². The van der Waals surface area contributed by atoms with Gasteiger partial charge in [0.15, 0.2) is 0 Å². The topological polar surface area (TPSA) is 9.23 Å². The van der Waals surface area contributed by atoms with Crippen LogP contribution in [0.3, 0.4) is 0 Å². The maximum absolute atomic E-state index is 13.1. The quantitative estimate of drug-likeness (QED) is 0.601. The van der Waals surface area contributed by atoms with Crippen molar-refractivity contribution in [3.8, 4) is 5.75 Å². The van der Waals surface area contributed by atoms with Crippen LogP contribution in [0.4, 0.5) is 4.39 Å². The lowest BCUT2D eigenvalue weighted by Crippen LogP contribution is -2.02. The van der Waals surface area contributed by atoms with Gasteiger partial charge in [0.25, 0.3) is 0 Å². The zero-order chi connectivity index (χ0) is 16.5. The van der Waals surface area contributed by atoms with Gasteiger partial charge in [-0.2, -0.15) is 0 Å². The van der Waals surface area contributed by atoms with E-state index < -0.39 is 0 Å². The van der Waals surface area contributed by atoms with Crippen LogP contribution in [0, 0.1) is 5.82 Å². The standard InChI is InChI=1S/C17H18BrFO.C2H6/c1-3-14-15(4-2)17(9-8-16(14)18)20-11-12-6-5-7-13(19)10-12;1-2/h5-10H,3-4,11H2,1-2H3;1-2H3. The average molecular weight is 367 g/mol. The molecule has 2 aromatic rings. The summed E-state index contributed by atoms with van der Waals surface area (Å²) in [6.45, 7) is 8.64. The van der Waals surface area contributed by atoms with Crippen LogP contribution in [-0.4, -0.2) is 0 Å². The molecule has 0 atom stereocenters. The van der Waals surface area contributed by atoms with E-state index in [4.69, 9.17) is 4.74 Å². The molecule has 0 aliphatic rings. The lowest BCUT2D eigenvalue weighted by molar-refractivity contribution is 0.302. The molecule has 0 aliphatic heterocycles. The highest BCUT2D eigenvalue weighted by Gasteiger charge is 2.10. The third-order valence-electron chi connectivity index (χ3n) is 3.32. The molecule has 0 spiro atoms. The molecule has 1 nitrogen and oxygen atoms in total. The largest absolute Gasteiger partial charge is 0.489 e. The second-order valence-electron chi connectivity index (χ2n) is 4.63. The van der Waals surface area contributed by atoms with Crippen LogP contribution in [0.15, 0.2) is 40.9 Å². The van der Waals surface area contributed by atoms with E-state index in [0.29, 0.717) is 6.61 Å². The smallest absolute Gasteiger partial charge is 0.123 e. The van der Waals surface area contributed by atoms with Crippen molar-refractivity contribution in [2.75, 3.05) is 0 Å².